The van der Waals surface area contributed by atoms with Gasteiger partial charge in [0.05, 0.1) is 12.4 Å². The van der Waals surface area contributed by atoms with E-state index >= 15 is 0 Å². The van der Waals surface area contributed by atoms with Crippen LogP contribution in [0, 0.1) is 0 Å². The molecular weight excluding hydrogens is 261 g/mol. The van der Waals surface area contributed by atoms with Crippen LogP contribution in [0.2, 0.25) is 0 Å². The minimum atomic E-state index is -4.59. The fourth-order valence-electron chi connectivity index (χ4n) is 1.58. The van der Waals surface area contributed by atoms with Crippen molar-refractivity contribution in [3.05, 3.63) is 35.8 Å². The van der Waals surface area contributed by atoms with Gasteiger partial charge in [-0.1, -0.05) is 0 Å². The van der Waals surface area contributed by atoms with E-state index < -0.39 is 17.6 Å². The van der Waals surface area contributed by atoms with Crippen molar-refractivity contribution in [2.45, 2.75) is 19.5 Å². The number of ketones is 1. The van der Waals surface area contributed by atoms with Crippen LogP contribution in [0.4, 0.5) is 13.2 Å². The minimum absolute atomic E-state index is 0.0943. The summed E-state index contributed by atoms with van der Waals surface area (Å²) in [4.78, 5) is 15.4. The molecule has 0 N–H and O–H groups in total. The van der Waals surface area contributed by atoms with Gasteiger partial charge in [0.2, 0.25) is 0 Å². The quantitative estimate of drug-likeness (QED) is 0.853. The molecule has 0 fully saturated rings. The maximum atomic E-state index is 13.0. The molecule has 0 atom stereocenters. The smallest absolute Gasteiger partial charge is 0.300 e. The number of pyridine rings is 1. The molecule has 19 heavy (non-hydrogen) atoms. The summed E-state index contributed by atoms with van der Waals surface area (Å²) in [6, 6.07) is 0.896. The molecule has 2 aromatic heterocycles. The van der Waals surface area contributed by atoms with Crippen LogP contribution < -0.4 is 0 Å². The molecule has 0 bridgehead atoms. The lowest BCUT2D eigenvalue weighted by Gasteiger charge is -2.12. The zero-order valence-corrected chi connectivity index (χ0v) is 9.85. The number of alkyl halides is 3. The summed E-state index contributed by atoms with van der Waals surface area (Å²) < 4.78 is 38.9. The number of carbonyl (C=O) groups is 1. The average Bonchev–Trinajstić information content (AvgIpc) is 2.80. The van der Waals surface area contributed by atoms with E-state index in [-0.39, 0.29) is 17.8 Å². The molecule has 0 aromatic carbocycles. The van der Waals surface area contributed by atoms with Crippen LogP contribution in [-0.2, 0) is 17.4 Å². The Morgan fingerprint density at radius 1 is 1.32 bits per heavy atom. The standard InChI is InChI=1S/C11H9F3N4O/c1-7(19)4-8-5-9(11(12,13)14)10(15-6-8)18-16-2-3-17-18/h2-3,5-6H,4H2,1H3. The molecule has 2 aromatic rings. The van der Waals surface area contributed by atoms with E-state index in [1.165, 1.54) is 25.5 Å². The Balaban J connectivity index is 2.53. The number of nitrogens with zero attached hydrogens (tertiary/aromatic N) is 4. The van der Waals surface area contributed by atoms with Gasteiger partial charge in [-0.25, -0.2) is 4.98 Å². The number of rotatable bonds is 3. The Morgan fingerprint density at radius 3 is 2.47 bits per heavy atom. The second kappa shape index (κ2) is 4.79. The summed E-state index contributed by atoms with van der Waals surface area (Å²) in [5.74, 6) is -0.648. The van der Waals surface area contributed by atoms with Crippen molar-refractivity contribution >= 4 is 5.78 Å². The molecular formula is C11H9F3N4O. The molecule has 5 nitrogen and oxygen atoms in total. The molecule has 0 radical (unpaired) electrons. The molecule has 0 aliphatic heterocycles. The monoisotopic (exact) mass is 270 g/mol. The van der Waals surface area contributed by atoms with Gasteiger partial charge in [-0.15, -0.1) is 4.80 Å². The summed E-state index contributed by atoms with van der Waals surface area (Å²) in [5, 5.41) is 7.25. The second-order valence-electron chi connectivity index (χ2n) is 3.91. The van der Waals surface area contributed by atoms with E-state index in [9.17, 15) is 18.0 Å². The summed E-state index contributed by atoms with van der Waals surface area (Å²) in [6.45, 7) is 1.30. The highest BCUT2D eigenvalue weighted by Gasteiger charge is 2.35. The lowest BCUT2D eigenvalue weighted by Crippen LogP contribution is -2.15. The Hall–Kier alpha value is -2.25. The van der Waals surface area contributed by atoms with Crippen LogP contribution in [-0.4, -0.2) is 25.8 Å². The van der Waals surface area contributed by atoms with E-state index in [0.29, 0.717) is 0 Å². The predicted octanol–water partition coefficient (Wildman–Crippen LogP) is 1.81. The largest absolute Gasteiger partial charge is 0.420 e. The van der Waals surface area contributed by atoms with Gasteiger partial charge in [-0.2, -0.15) is 23.4 Å². The Morgan fingerprint density at radius 2 is 1.95 bits per heavy atom. The van der Waals surface area contributed by atoms with E-state index in [1.807, 2.05) is 0 Å². The van der Waals surface area contributed by atoms with Crippen LogP contribution >= 0.6 is 0 Å². The molecule has 2 rings (SSSR count). The van der Waals surface area contributed by atoms with Gasteiger partial charge in [-0.3, -0.25) is 4.79 Å². The molecule has 8 heteroatoms. The number of halogens is 3. The first kappa shape index (κ1) is 13.2. The van der Waals surface area contributed by atoms with Crippen molar-refractivity contribution < 1.29 is 18.0 Å². The molecule has 0 aliphatic rings. The lowest BCUT2D eigenvalue weighted by atomic mass is 10.1. The number of hydrogen-bond acceptors (Lipinski definition) is 4. The second-order valence-corrected chi connectivity index (χ2v) is 3.91. The number of hydrogen-bond donors (Lipinski definition) is 0. The van der Waals surface area contributed by atoms with E-state index in [4.69, 9.17) is 0 Å². The van der Waals surface area contributed by atoms with Crippen molar-refractivity contribution in [3.8, 4) is 5.82 Å². The van der Waals surface area contributed by atoms with Crippen LogP contribution in [0.1, 0.15) is 18.1 Å². The predicted molar refractivity (Wildman–Crippen MR) is 58.5 cm³/mol. The maximum Gasteiger partial charge on any atom is 0.420 e. The zero-order chi connectivity index (χ0) is 14.0. The number of Topliss-reactive ketones (excluding diaryl/α,β-unsaturated/α-hetero) is 1. The molecule has 0 amide bonds. The van der Waals surface area contributed by atoms with Gasteiger partial charge < -0.3 is 0 Å². The zero-order valence-electron chi connectivity index (χ0n) is 9.85. The SMILES string of the molecule is CC(=O)Cc1cnc(-n2nccn2)c(C(F)(F)F)c1. The fourth-order valence-corrected chi connectivity index (χ4v) is 1.58. The van der Waals surface area contributed by atoms with Gasteiger partial charge in [0.15, 0.2) is 5.82 Å². The highest BCUT2D eigenvalue weighted by atomic mass is 19.4. The first-order valence-electron chi connectivity index (χ1n) is 5.30. The van der Waals surface area contributed by atoms with Crippen molar-refractivity contribution in [2.75, 3.05) is 0 Å². The average molecular weight is 270 g/mol. The Kier molecular flexibility index (Phi) is 3.32. The third-order valence-electron chi connectivity index (χ3n) is 2.29. The van der Waals surface area contributed by atoms with Crippen LogP contribution in [0.5, 0.6) is 0 Å². The summed E-state index contributed by atoms with van der Waals surface area (Å²) in [6.07, 6.45) is -0.961. The van der Waals surface area contributed by atoms with Gasteiger partial charge in [0.1, 0.15) is 11.3 Å². The van der Waals surface area contributed by atoms with Gasteiger partial charge in [-0.05, 0) is 18.6 Å². The van der Waals surface area contributed by atoms with E-state index in [1.54, 1.807) is 0 Å². The van der Waals surface area contributed by atoms with Crippen LogP contribution in [0.25, 0.3) is 5.82 Å². The van der Waals surface area contributed by atoms with E-state index in [0.717, 1.165) is 10.9 Å². The molecule has 0 saturated carbocycles. The third kappa shape index (κ3) is 2.95. The lowest BCUT2D eigenvalue weighted by molar-refractivity contribution is -0.138. The fraction of sp³-hybridized carbons (Fsp3) is 0.273. The molecule has 100 valence electrons. The van der Waals surface area contributed by atoms with E-state index in [2.05, 4.69) is 15.2 Å². The number of carbonyl (C=O) groups excluding carboxylic acids is 1. The molecule has 0 spiro atoms. The topological polar surface area (TPSA) is 60.7 Å². The molecule has 0 unspecified atom stereocenters. The van der Waals surface area contributed by atoms with Gasteiger partial charge in [0, 0.05) is 12.6 Å². The first-order chi connectivity index (χ1) is 8.88. The van der Waals surface area contributed by atoms with Crippen molar-refractivity contribution in [3.63, 3.8) is 0 Å². The van der Waals surface area contributed by atoms with Crippen molar-refractivity contribution in [1.82, 2.24) is 20.0 Å². The molecule has 0 aliphatic carbocycles. The van der Waals surface area contributed by atoms with Gasteiger partial charge >= 0.3 is 6.18 Å². The summed E-state index contributed by atoms with van der Waals surface area (Å²) in [7, 11) is 0. The first-order valence-corrected chi connectivity index (χ1v) is 5.30. The third-order valence-corrected chi connectivity index (χ3v) is 2.29. The van der Waals surface area contributed by atoms with Crippen molar-refractivity contribution in [1.29, 1.82) is 0 Å². The van der Waals surface area contributed by atoms with Crippen molar-refractivity contribution in [2.24, 2.45) is 0 Å². The maximum absolute atomic E-state index is 13.0. The van der Waals surface area contributed by atoms with Gasteiger partial charge in [0.25, 0.3) is 0 Å². The van der Waals surface area contributed by atoms with Crippen LogP contribution in [0.3, 0.4) is 0 Å². The highest BCUT2D eigenvalue weighted by Crippen LogP contribution is 2.33. The molecule has 0 saturated heterocycles. The summed E-state index contributed by atoms with van der Waals surface area (Å²) in [5.41, 5.74) is -0.766. The Labute approximate surface area is 106 Å². The highest BCUT2D eigenvalue weighted by molar-refractivity contribution is 5.78. The van der Waals surface area contributed by atoms with Crippen LogP contribution in [0.15, 0.2) is 24.7 Å². The minimum Gasteiger partial charge on any atom is -0.300 e. The summed E-state index contributed by atoms with van der Waals surface area (Å²) >= 11 is 0. The molecule has 2 heterocycles. The normalized spacial score (nSPS) is 11.6. The number of aromatic nitrogens is 4. The Bertz CT molecular complexity index is 592.